The van der Waals surface area contributed by atoms with Crippen LogP contribution in [0.4, 0.5) is 4.79 Å². The van der Waals surface area contributed by atoms with Gasteiger partial charge in [-0.3, -0.25) is 0 Å². The lowest BCUT2D eigenvalue weighted by Crippen LogP contribution is -2.49. The van der Waals surface area contributed by atoms with E-state index in [0.29, 0.717) is 13.0 Å². The van der Waals surface area contributed by atoms with Gasteiger partial charge in [-0.15, -0.1) is 0 Å². The fraction of sp³-hybridized carbons (Fsp3) is 0.818. The van der Waals surface area contributed by atoms with Gasteiger partial charge in [-0.2, -0.15) is 11.8 Å². The van der Waals surface area contributed by atoms with Gasteiger partial charge in [0.2, 0.25) is 0 Å². The van der Waals surface area contributed by atoms with Crippen LogP contribution in [0.3, 0.4) is 0 Å². The molecule has 2 fully saturated rings. The summed E-state index contributed by atoms with van der Waals surface area (Å²) in [6, 6.07) is -0.482. The first-order valence-electron chi connectivity index (χ1n) is 5.95. The van der Waals surface area contributed by atoms with Crippen LogP contribution in [0, 0.1) is 0 Å². The predicted molar refractivity (Wildman–Crippen MR) is 66.3 cm³/mol. The highest BCUT2D eigenvalue weighted by Gasteiger charge is 2.37. The lowest BCUT2D eigenvalue weighted by atomic mass is 10.2. The largest absolute Gasteiger partial charge is 0.480 e. The van der Waals surface area contributed by atoms with Gasteiger partial charge in [0.05, 0.1) is 0 Å². The Balaban J connectivity index is 2.00. The van der Waals surface area contributed by atoms with Crippen LogP contribution in [0.1, 0.15) is 19.3 Å². The number of carbonyl (C=O) groups excluding carboxylic acids is 1. The van der Waals surface area contributed by atoms with Gasteiger partial charge in [0.25, 0.3) is 0 Å². The zero-order chi connectivity index (χ0) is 12.4. The molecule has 0 spiro atoms. The predicted octanol–water partition coefficient (Wildman–Crippen LogP) is 1.09. The van der Waals surface area contributed by atoms with Crippen molar-refractivity contribution in [2.45, 2.75) is 31.3 Å². The van der Waals surface area contributed by atoms with Crippen molar-refractivity contribution < 1.29 is 14.7 Å². The number of likely N-dealkylation sites (tertiary alicyclic amines) is 1. The van der Waals surface area contributed by atoms with Gasteiger partial charge in [-0.1, -0.05) is 0 Å². The molecule has 0 aliphatic carbocycles. The maximum atomic E-state index is 12.2. The number of amides is 2. The standard InChI is InChI=1S/C11H18N2O3S/c1-12(8-4-6-17-7-8)11(16)13-5-2-3-9(13)10(14)15/h8-9H,2-7H2,1H3,(H,14,15)/t8?,9-/m1/s1. The third-order valence-corrected chi connectivity index (χ3v) is 4.68. The van der Waals surface area contributed by atoms with Crippen molar-refractivity contribution in [3.8, 4) is 0 Å². The average molecular weight is 258 g/mol. The van der Waals surface area contributed by atoms with Crippen LogP contribution in [0.15, 0.2) is 0 Å². The zero-order valence-electron chi connectivity index (χ0n) is 9.96. The molecule has 2 amide bonds. The molecule has 0 bridgehead atoms. The molecule has 96 valence electrons. The molecule has 2 atom stereocenters. The van der Waals surface area contributed by atoms with Gasteiger partial charge in [-0.25, -0.2) is 9.59 Å². The van der Waals surface area contributed by atoms with E-state index in [4.69, 9.17) is 5.11 Å². The second kappa shape index (κ2) is 5.16. The number of hydrogen-bond donors (Lipinski definition) is 1. The molecule has 1 N–H and O–H groups in total. The highest BCUT2D eigenvalue weighted by atomic mass is 32.2. The minimum atomic E-state index is -0.884. The number of carbonyl (C=O) groups is 2. The summed E-state index contributed by atoms with van der Waals surface area (Å²) < 4.78 is 0. The summed E-state index contributed by atoms with van der Waals surface area (Å²) in [7, 11) is 1.79. The van der Waals surface area contributed by atoms with E-state index in [1.54, 1.807) is 11.9 Å². The van der Waals surface area contributed by atoms with Crippen molar-refractivity contribution in [2.75, 3.05) is 25.1 Å². The van der Waals surface area contributed by atoms with Gasteiger partial charge in [0, 0.05) is 25.4 Å². The molecule has 2 aliphatic rings. The van der Waals surface area contributed by atoms with E-state index in [2.05, 4.69) is 0 Å². The number of rotatable bonds is 2. The Kier molecular flexibility index (Phi) is 3.81. The Bertz CT molecular complexity index is 318. The van der Waals surface area contributed by atoms with Crippen molar-refractivity contribution in [2.24, 2.45) is 0 Å². The summed E-state index contributed by atoms with van der Waals surface area (Å²) in [5, 5.41) is 9.06. The molecule has 2 aliphatic heterocycles. The first-order chi connectivity index (χ1) is 8.11. The van der Waals surface area contributed by atoms with Gasteiger partial charge in [0.1, 0.15) is 6.04 Å². The van der Waals surface area contributed by atoms with E-state index in [-0.39, 0.29) is 12.1 Å². The molecule has 0 radical (unpaired) electrons. The van der Waals surface area contributed by atoms with Crippen molar-refractivity contribution >= 4 is 23.8 Å². The van der Waals surface area contributed by atoms with E-state index in [0.717, 1.165) is 24.3 Å². The Labute approximate surface area is 105 Å². The number of aliphatic carboxylic acids is 1. The topological polar surface area (TPSA) is 60.9 Å². The molecule has 2 rings (SSSR count). The van der Waals surface area contributed by atoms with Crippen LogP contribution in [0.5, 0.6) is 0 Å². The van der Waals surface area contributed by atoms with E-state index in [1.165, 1.54) is 4.90 Å². The lowest BCUT2D eigenvalue weighted by Gasteiger charge is -2.31. The van der Waals surface area contributed by atoms with E-state index >= 15 is 0 Å². The summed E-state index contributed by atoms with van der Waals surface area (Å²) in [6.45, 7) is 0.569. The van der Waals surface area contributed by atoms with Crippen LogP contribution in [0.25, 0.3) is 0 Å². The van der Waals surface area contributed by atoms with Gasteiger partial charge in [0.15, 0.2) is 0 Å². The third kappa shape index (κ3) is 2.51. The van der Waals surface area contributed by atoms with Crippen LogP contribution >= 0.6 is 11.8 Å². The minimum absolute atomic E-state index is 0.123. The Morgan fingerprint density at radius 2 is 2.18 bits per heavy atom. The maximum absolute atomic E-state index is 12.2. The molecule has 0 aromatic carbocycles. The molecule has 2 heterocycles. The normalized spacial score (nSPS) is 28.4. The van der Waals surface area contributed by atoms with Crippen LogP contribution < -0.4 is 0 Å². The third-order valence-electron chi connectivity index (χ3n) is 3.54. The number of carboxylic acid groups (broad SMARTS) is 1. The number of nitrogens with zero attached hydrogens (tertiary/aromatic N) is 2. The second-order valence-electron chi connectivity index (χ2n) is 4.60. The van der Waals surface area contributed by atoms with E-state index in [9.17, 15) is 9.59 Å². The summed E-state index contributed by atoms with van der Waals surface area (Å²) in [5.41, 5.74) is 0. The molecular formula is C11H18N2O3S. The highest BCUT2D eigenvalue weighted by Crippen LogP contribution is 2.25. The summed E-state index contributed by atoms with van der Waals surface area (Å²) in [5.74, 6) is 1.17. The molecule has 2 saturated heterocycles. The zero-order valence-corrected chi connectivity index (χ0v) is 10.8. The second-order valence-corrected chi connectivity index (χ2v) is 5.75. The van der Waals surface area contributed by atoms with Gasteiger partial charge < -0.3 is 14.9 Å². The van der Waals surface area contributed by atoms with Crippen molar-refractivity contribution in [3.05, 3.63) is 0 Å². The van der Waals surface area contributed by atoms with Crippen LogP contribution in [-0.2, 0) is 4.79 Å². The van der Waals surface area contributed by atoms with Gasteiger partial charge in [-0.05, 0) is 25.0 Å². The number of thioether (sulfide) groups is 1. The smallest absolute Gasteiger partial charge is 0.326 e. The lowest BCUT2D eigenvalue weighted by molar-refractivity contribution is -0.141. The summed E-state index contributed by atoms with van der Waals surface area (Å²) in [4.78, 5) is 26.5. The van der Waals surface area contributed by atoms with Crippen LogP contribution in [0.2, 0.25) is 0 Å². The Morgan fingerprint density at radius 3 is 2.76 bits per heavy atom. The van der Waals surface area contributed by atoms with Crippen LogP contribution in [-0.4, -0.2) is 64.1 Å². The monoisotopic (exact) mass is 258 g/mol. The SMILES string of the molecule is CN(C(=O)N1CCC[C@@H]1C(=O)O)C1CCSC1. The molecule has 17 heavy (non-hydrogen) atoms. The number of carboxylic acids is 1. The van der Waals surface area contributed by atoms with Crippen molar-refractivity contribution in [3.63, 3.8) is 0 Å². The van der Waals surface area contributed by atoms with E-state index < -0.39 is 12.0 Å². The number of urea groups is 1. The molecule has 1 unspecified atom stereocenters. The number of hydrogen-bond acceptors (Lipinski definition) is 3. The van der Waals surface area contributed by atoms with Gasteiger partial charge >= 0.3 is 12.0 Å². The molecule has 5 nitrogen and oxygen atoms in total. The summed E-state index contributed by atoms with van der Waals surface area (Å²) in [6.07, 6.45) is 2.38. The maximum Gasteiger partial charge on any atom is 0.326 e. The first kappa shape index (κ1) is 12.5. The summed E-state index contributed by atoms with van der Waals surface area (Å²) >= 11 is 1.85. The van der Waals surface area contributed by atoms with Crippen molar-refractivity contribution in [1.82, 2.24) is 9.80 Å². The van der Waals surface area contributed by atoms with Crippen molar-refractivity contribution in [1.29, 1.82) is 0 Å². The fourth-order valence-corrected chi connectivity index (χ4v) is 3.71. The average Bonchev–Trinajstić information content (AvgIpc) is 2.97. The minimum Gasteiger partial charge on any atom is -0.480 e. The molecule has 0 saturated carbocycles. The fourth-order valence-electron chi connectivity index (χ4n) is 2.44. The Morgan fingerprint density at radius 1 is 1.41 bits per heavy atom. The molecule has 0 aromatic heterocycles. The molecular weight excluding hydrogens is 240 g/mol. The highest BCUT2D eigenvalue weighted by molar-refractivity contribution is 7.99. The first-order valence-corrected chi connectivity index (χ1v) is 7.10. The quantitative estimate of drug-likeness (QED) is 0.805. The molecule has 0 aromatic rings. The Hall–Kier alpha value is -0.910. The molecule has 6 heteroatoms. The van der Waals surface area contributed by atoms with E-state index in [1.807, 2.05) is 11.8 Å².